The van der Waals surface area contributed by atoms with Gasteiger partial charge in [0, 0.05) is 18.3 Å². The van der Waals surface area contributed by atoms with Crippen LogP contribution in [0.15, 0.2) is 40.8 Å². The molecule has 1 aliphatic heterocycles. The van der Waals surface area contributed by atoms with Gasteiger partial charge in [-0.15, -0.1) is 0 Å². The second kappa shape index (κ2) is 5.67. The molecule has 0 saturated carbocycles. The first-order valence-corrected chi connectivity index (χ1v) is 8.15. The number of anilines is 1. The largest absolute Gasteiger partial charge is 0.460 e. The highest BCUT2D eigenvalue weighted by Crippen LogP contribution is 2.29. The summed E-state index contributed by atoms with van der Waals surface area (Å²) in [5, 5.41) is 7.09. The Labute approximate surface area is 140 Å². The maximum Gasteiger partial charge on any atom is 0.278 e. The van der Waals surface area contributed by atoms with E-state index in [1.54, 1.807) is 6.07 Å². The zero-order chi connectivity index (χ0) is 16.7. The van der Waals surface area contributed by atoms with Crippen molar-refractivity contribution in [1.82, 2.24) is 10.2 Å². The molecule has 122 valence electrons. The minimum absolute atomic E-state index is 0.0782. The Bertz CT molecular complexity index is 907. The van der Waals surface area contributed by atoms with E-state index in [4.69, 9.17) is 4.42 Å². The number of aryl methyl sites for hydroxylation is 3. The number of furan rings is 1. The fourth-order valence-electron chi connectivity index (χ4n) is 3.21. The molecule has 0 saturated heterocycles. The molecular formula is C19H19N3O2. The number of H-pyrrole nitrogens is 1. The van der Waals surface area contributed by atoms with Crippen molar-refractivity contribution < 1.29 is 9.21 Å². The predicted molar refractivity (Wildman–Crippen MR) is 92.2 cm³/mol. The quantitative estimate of drug-likeness (QED) is 0.779. The predicted octanol–water partition coefficient (Wildman–Crippen LogP) is 3.88. The molecule has 4 rings (SSSR count). The first kappa shape index (κ1) is 14.8. The molecule has 0 unspecified atom stereocenters. The molecule has 0 aliphatic carbocycles. The molecule has 0 atom stereocenters. The average Bonchev–Trinajstić information content (AvgIpc) is 3.22. The Balaban J connectivity index is 1.65. The monoisotopic (exact) mass is 321 g/mol. The van der Waals surface area contributed by atoms with Crippen LogP contribution in [0.5, 0.6) is 0 Å². The lowest BCUT2D eigenvalue weighted by molar-refractivity contribution is 0.0980. The highest BCUT2D eigenvalue weighted by molar-refractivity contribution is 6.06. The van der Waals surface area contributed by atoms with Crippen LogP contribution in [0.1, 0.15) is 33.8 Å². The van der Waals surface area contributed by atoms with Crippen LogP contribution in [-0.2, 0) is 6.42 Å². The normalized spacial score (nSPS) is 13.8. The Kier molecular flexibility index (Phi) is 3.49. The van der Waals surface area contributed by atoms with Crippen molar-refractivity contribution in [3.8, 4) is 11.5 Å². The molecule has 0 radical (unpaired) electrons. The summed E-state index contributed by atoms with van der Waals surface area (Å²) >= 11 is 0. The van der Waals surface area contributed by atoms with Crippen molar-refractivity contribution in [3.05, 3.63) is 59.0 Å². The molecule has 1 aliphatic rings. The molecule has 5 heteroatoms. The van der Waals surface area contributed by atoms with Gasteiger partial charge in [-0.05, 0) is 50.5 Å². The number of nitrogens with one attached hydrogen (secondary N) is 1. The van der Waals surface area contributed by atoms with Crippen LogP contribution in [0.4, 0.5) is 5.69 Å². The molecule has 1 N–H and O–H groups in total. The van der Waals surface area contributed by atoms with Gasteiger partial charge >= 0.3 is 0 Å². The third-order valence-electron chi connectivity index (χ3n) is 4.40. The molecule has 5 nitrogen and oxygen atoms in total. The molecule has 1 amide bonds. The van der Waals surface area contributed by atoms with Gasteiger partial charge in [-0.1, -0.05) is 17.7 Å². The van der Waals surface area contributed by atoms with Crippen molar-refractivity contribution in [3.63, 3.8) is 0 Å². The number of hydrogen-bond donors (Lipinski definition) is 1. The SMILES string of the molecule is Cc1ccc2c(c1)CCCN2C(=O)c1cc(-c2ccc(C)o2)[nH]n1. The summed E-state index contributed by atoms with van der Waals surface area (Å²) in [6.45, 7) is 4.68. The number of fused-ring (bicyclic) bond motifs is 1. The molecule has 3 aromatic rings. The molecule has 3 heterocycles. The maximum absolute atomic E-state index is 12.9. The smallest absolute Gasteiger partial charge is 0.278 e. The summed E-state index contributed by atoms with van der Waals surface area (Å²) in [6.07, 6.45) is 1.98. The zero-order valence-electron chi connectivity index (χ0n) is 13.8. The van der Waals surface area contributed by atoms with Crippen LogP contribution in [0, 0.1) is 13.8 Å². The molecular weight excluding hydrogens is 302 g/mol. The van der Waals surface area contributed by atoms with E-state index in [-0.39, 0.29) is 5.91 Å². The van der Waals surface area contributed by atoms with Gasteiger partial charge in [0.05, 0.1) is 0 Å². The summed E-state index contributed by atoms with van der Waals surface area (Å²) < 4.78 is 5.58. The van der Waals surface area contributed by atoms with Crippen molar-refractivity contribution in [1.29, 1.82) is 0 Å². The van der Waals surface area contributed by atoms with Gasteiger partial charge < -0.3 is 9.32 Å². The number of carbonyl (C=O) groups excluding carboxylic acids is 1. The highest BCUT2D eigenvalue weighted by Gasteiger charge is 2.25. The maximum atomic E-state index is 12.9. The summed E-state index contributed by atoms with van der Waals surface area (Å²) in [4.78, 5) is 14.7. The Morgan fingerprint density at radius 3 is 2.88 bits per heavy atom. The van der Waals surface area contributed by atoms with Gasteiger partial charge in [0.25, 0.3) is 5.91 Å². The van der Waals surface area contributed by atoms with Gasteiger partial charge in [-0.25, -0.2) is 0 Å². The average molecular weight is 321 g/mol. The number of rotatable bonds is 2. The Hall–Kier alpha value is -2.82. The molecule has 0 bridgehead atoms. The minimum Gasteiger partial charge on any atom is -0.460 e. The second-order valence-electron chi connectivity index (χ2n) is 6.27. The van der Waals surface area contributed by atoms with E-state index in [0.717, 1.165) is 30.8 Å². The van der Waals surface area contributed by atoms with Crippen LogP contribution in [0.25, 0.3) is 11.5 Å². The molecule has 24 heavy (non-hydrogen) atoms. The van der Waals surface area contributed by atoms with Gasteiger partial charge in [0.2, 0.25) is 0 Å². The van der Waals surface area contributed by atoms with Crippen molar-refractivity contribution >= 4 is 11.6 Å². The number of amides is 1. The van der Waals surface area contributed by atoms with Gasteiger partial charge in [-0.2, -0.15) is 5.10 Å². The zero-order valence-corrected chi connectivity index (χ0v) is 13.8. The van der Waals surface area contributed by atoms with E-state index in [1.165, 1.54) is 11.1 Å². The number of carbonyl (C=O) groups is 1. The number of aromatic nitrogens is 2. The number of hydrogen-bond acceptors (Lipinski definition) is 3. The van der Waals surface area contributed by atoms with Crippen molar-refractivity contribution in [2.75, 3.05) is 11.4 Å². The lowest BCUT2D eigenvalue weighted by Gasteiger charge is -2.29. The van der Waals surface area contributed by atoms with Crippen LogP contribution in [0.2, 0.25) is 0 Å². The molecule has 0 fully saturated rings. The minimum atomic E-state index is -0.0782. The van der Waals surface area contributed by atoms with E-state index in [9.17, 15) is 4.79 Å². The Morgan fingerprint density at radius 1 is 1.21 bits per heavy atom. The standard InChI is InChI=1S/C19H19N3O2/c1-12-5-7-17-14(10-12)4-3-9-22(17)19(23)16-11-15(20-21-16)18-8-6-13(2)24-18/h5-8,10-11H,3-4,9H2,1-2H3,(H,20,21). The van der Waals surface area contributed by atoms with Crippen LogP contribution in [-0.4, -0.2) is 22.6 Å². The fourth-order valence-corrected chi connectivity index (χ4v) is 3.21. The first-order chi connectivity index (χ1) is 11.6. The van der Waals surface area contributed by atoms with E-state index in [0.29, 0.717) is 17.1 Å². The summed E-state index contributed by atoms with van der Waals surface area (Å²) in [5.74, 6) is 1.44. The topological polar surface area (TPSA) is 62.1 Å². The molecule has 2 aromatic heterocycles. The van der Waals surface area contributed by atoms with Gasteiger partial charge in [0.15, 0.2) is 11.5 Å². The fraction of sp³-hybridized carbons (Fsp3) is 0.263. The third-order valence-corrected chi connectivity index (χ3v) is 4.40. The first-order valence-electron chi connectivity index (χ1n) is 8.15. The lowest BCUT2D eigenvalue weighted by atomic mass is 9.99. The third kappa shape index (κ3) is 2.52. The van der Waals surface area contributed by atoms with Crippen LogP contribution < -0.4 is 4.90 Å². The number of benzene rings is 1. The Morgan fingerprint density at radius 2 is 2.08 bits per heavy atom. The van der Waals surface area contributed by atoms with E-state index in [2.05, 4.69) is 23.2 Å². The van der Waals surface area contributed by atoms with Crippen molar-refractivity contribution in [2.45, 2.75) is 26.7 Å². The van der Waals surface area contributed by atoms with Crippen molar-refractivity contribution in [2.24, 2.45) is 0 Å². The second-order valence-corrected chi connectivity index (χ2v) is 6.27. The molecule has 0 spiro atoms. The highest BCUT2D eigenvalue weighted by atomic mass is 16.3. The number of aromatic amines is 1. The van der Waals surface area contributed by atoms with E-state index in [1.807, 2.05) is 36.1 Å². The number of nitrogens with zero attached hydrogens (tertiary/aromatic N) is 2. The summed E-state index contributed by atoms with van der Waals surface area (Å²) in [5.41, 5.74) is 4.57. The van der Waals surface area contributed by atoms with Crippen LogP contribution in [0.3, 0.4) is 0 Å². The van der Waals surface area contributed by atoms with Gasteiger partial charge in [-0.3, -0.25) is 9.89 Å². The lowest BCUT2D eigenvalue weighted by Crippen LogP contribution is -2.35. The molecule has 1 aromatic carbocycles. The summed E-state index contributed by atoms with van der Waals surface area (Å²) in [7, 11) is 0. The van der Waals surface area contributed by atoms with E-state index >= 15 is 0 Å². The van der Waals surface area contributed by atoms with E-state index < -0.39 is 0 Å². The van der Waals surface area contributed by atoms with Crippen LogP contribution >= 0.6 is 0 Å². The summed E-state index contributed by atoms with van der Waals surface area (Å²) in [6, 6.07) is 11.8. The van der Waals surface area contributed by atoms with Gasteiger partial charge in [0.1, 0.15) is 11.5 Å².